The smallest absolute Gasteiger partial charge is 0.410 e. The summed E-state index contributed by atoms with van der Waals surface area (Å²) in [5, 5.41) is 3.74. The summed E-state index contributed by atoms with van der Waals surface area (Å²) in [7, 11) is 3.19. The van der Waals surface area contributed by atoms with Gasteiger partial charge in [-0.3, -0.25) is 4.79 Å². The summed E-state index contributed by atoms with van der Waals surface area (Å²) < 4.78 is 16.3. The summed E-state index contributed by atoms with van der Waals surface area (Å²) in [6.45, 7) is 1.30. The molecule has 0 bridgehead atoms. The van der Waals surface area contributed by atoms with Gasteiger partial charge in [0.15, 0.2) is 0 Å². The van der Waals surface area contributed by atoms with Crippen LogP contribution >= 0.6 is 11.6 Å². The van der Waals surface area contributed by atoms with E-state index in [9.17, 15) is 9.59 Å². The molecule has 0 aliphatic carbocycles. The van der Waals surface area contributed by atoms with Crippen molar-refractivity contribution in [3.63, 3.8) is 0 Å². The number of rotatable bonds is 8. The SMILES string of the molecule is COc1ccc(CNC(=O)C2(c3ccccc3)CCN(C(=O)OCc3ccc(Cl)cc3)CC2)c(OC)c1. The van der Waals surface area contributed by atoms with Gasteiger partial charge in [-0.15, -0.1) is 0 Å². The highest BCUT2D eigenvalue weighted by molar-refractivity contribution is 6.30. The first-order chi connectivity index (χ1) is 17.9. The number of piperidine rings is 1. The number of hydrogen-bond acceptors (Lipinski definition) is 5. The largest absolute Gasteiger partial charge is 0.497 e. The molecule has 8 heteroatoms. The van der Waals surface area contributed by atoms with Gasteiger partial charge in [0.25, 0.3) is 0 Å². The molecule has 194 valence electrons. The van der Waals surface area contributed by atoms with E-state index in [-0.39, 0.29) is 18.6 Å². The van der Waals surface area contributed by atoms with Crippen LogP contribution in [0.1, 0.15) is 29.5 Å². The second-order valence-corrected chi connectivity index (χ2v) is 9.41. The fourth-order valence-electron chi connectivity index (χ4n) is 4.63. The van der Waals surface area contributed by atoms with Crippen molar-refractivity contribution >= 4 is 23.6 Å². The summed E-state index contributed by atoms with van der Waals surface area (Å²) in [6.07, 6.45) is 0.581. The van der Waals surface area contributed by atoms with Gasteiger partial charge in [-0.25, -0.2) is 4.79 Å². The third kappa shape index (κ3) is 6.17. The van der Waals surface area contributed by atoms with Gasteiger partial charge >= 0.3 is 6.09 Å². The first kappa shape index (κ1) is 26.4. The molecule has 0 unspecified atom stereocenters. The minimum atomic E-state index is -0.756. The second kappa shape index (κ2) is 12.0. The highest BCUT2D eigenvalue weighted by atomic mass is 35.5. The number of likely N-dealkylation sites (tertiary alicyclic amines) is 1. The second-order valence-electron chi connectivity index (χ2n) is 8.98. The van der Waals surface area contributed by atoms with Crippen molar-refractivity contribution in [3.8, 4) is 11.5 Å². The number of carbonyl (C=O) groups excluding carboxylic acids is 2. The van der Waals surface area contributed by atoms with Crippen molar-refractivity contribution in [3.05, 3.63) is 94.5 Å². The molecule has 0 atom stereocenters. The highest BCUT2D eigenvalue weighted by Gasteiger charge is 2.43. The van der Waals surface area contributed by atoms with Crippen LogP contribution in [0.3, 0.4) is 0 Å². The van der Waals surface area contributed by atoms with Crippen LogP contribution in [0.25, 0.3) is 0 Å². The standard InChI is InChI=1S/C29H31ClN2O5/c1-35-25-13-10-22(26(18-25)36-2)19-31-27(33)29(23-6-4-3-5-7-23)14-16-32(17-15-29)28(34)37-20-21-8-11-24(30)12-9-21/h3-13,18H,14-17,19-20H2,1-2H3,(H,31,33). The van der Waals surface area contributed by atoms with Crippen LogP contribution in [0.5, 0.6) is 11.5 Å². The normalized spacial score (nSPS) is 14.5. The molecular weight excluding hydrogens is 492 g/mol. The van der Waals surface area contributed by atoms with E-state index in [1.165, 1.54) is 0 Å². The molecule has 3 aromatic rings. The van der Waals surface area contributed by atoms with E-state index >= 15 is 0 Å². The minimum absolute atomic E-state index is 0.0780. The van der Waals surface area contributed by atoms with E-state index in [1.807, 2.05) is 54.6 Å². The number of nitrogens with zero attached hydrogens (tertiary/aromatic N) is 1. The first-order valence-corrected chi connectivity index (χ1v) is 12.5. The zero-order valence-corrected chi connectivity index (χ0v) is 21.8. The molecule has 1 heterocycles. The Labute approximate surface area is 222 Å². The monoisotopic (exact) mass is 522 g/mol. The van der Waals surface area contributed by atoms with Crippen LogP contribution < -0.4 is 14.8 Å². The Morgan fingerprint density at radius 2 is 1.65 bits per heavy atom. The molecule has 1 aliphatic rings. The van der Waals surface area contributed by atoms with Crippen molar-refractivity contribution < 1.29 is 23.8 Å². The molecule has 1 saturated heterocycles. The number of methoxy groups -OCH3 is 2. The molecule has 1 fully saturated rings. The minimum Gasteiger partial charge on any atom is -0.497 e. The highest BCUT2D eigenvalue weighted by Crippen LogP contribution is 2.36. The maximum Gasteiger partial charge on any atom is 0.410 e. The third-order valence-corrected chi connectivity index (χ3v) is 7.10. The molecule has 4 rings (SSSR count). The lowest BCUT2D eigenvalue weighted by atomic mass is 9.72. The molecule has 37 heavy (non-hydrogen) atoms. The number of amides is 2. The van der Waals surface area contributed by atoms with Crippen molar-refractivity contribution in [2.24, 2.45) is 0 Å². The number of benzene rings is 3. The Morgan fingerprint density at radius 1 is 0.946 bits per heavy atom. The molecule has 0 saturated carbocycles. The van der Waals surface area contributed by atoms with E-state index < -0.39 is 5.41 Å². The van der Waals surface area contributed by atoms with Crippen molar-refractivity contribution in [2.45, 2.75) is 31.4 Å². The predicted octanol–water partition coefficient (Wildman–Crippen LogP) is 5.34. The van der Waals surface area contributed by atoms with Crippen LogP contribution in [0.2, 0.25) is 5.02 Å². The Hall–Kier alpha value is -3.71. The average Bonchev–Trinajstić information content (AvgIpc) is 2.95. The fourth-order valence-corrected chi connectivity index (χ4v) is 4.76. The lowest BCUT2D eigenvalue weighted by Gasteiger charge is -2.40. The molecular formula is C29H31ClN2O5. The van der Waals surface area contributed by atoms with Crippen molar-refractivity contribution in [1.29, 1.82) is 0 Å². The topological polar surface area (TPSA) is 77.1 Å². The van der Waals surface area contributed by atoms with Crippen LogP contribution in [-0.4, -0.2) is 44.2 Å². The Balaban J connectivity index is 1.43. The summed E-state index contributed by atoms with van der Waals surface area (Å²) in [5.41, 5.74) is 1.89. The lowest BCUT2D eigenvalue weighted by molar-refractivity contribution is -0.128. The third-order valence-electron chi connectivity index (χ3n) is 6.85. The summed E-state index contributed by atoms with van der Waals surface area (Å²) in [6, 6.07) is 22.4. The van der Waals surface area contributed by atoms with E-state index in [2.05, 4.69) is 5.32 Å². The molecule has 0 aromatic heterocycles. The van der Waals surface area contributed by atoms with E-state index in [0.717, 1.165) is 16.7 Å². The van der Waals surface area contributed by atoms with Gasteiger partial charge in [-0.2, -0.15) is 0 Å². The Morgan fingerprint density at radius 3 is 2.30 bits per heavy atom. The first-order valence-electron chi connectivity index (χ1n) is 12.2. The van der Waals surface area contributed by atoms with Crippen molar-refractivity contribution in [2.75, 3.05) is 27.3 Å². The zero-order valence-electron chi connectivity index (χ0n) is 21.0. The molecule has 0 radical (unpaired) electrons. The fraction of sp³-hybridized carbons (Fsp3) is 0.310. The average molecular weight is 523 g/mol. The van der Waals surface area contributed by atoms with Gasteiger partial charge in [0.1, 0.15) is 18.1 Å². The van der Waals surface area contributed by atoms with E-state index in [1.54, 1.807) is 37.3 Å². The molecule has 1 aliphatic heterocycles. The Kier molecular flexibility index (Phi) is 8.56. The maximum absolute atomic E-state index is 13.7. The van der Waals surface area contributed by atoms with Gasteiger partial charge in [-0.05, 0) is 48.2 Å². The predicted molar refractivity (Wildman–Crippen MR) is 142 cm³/mol. The van der Waals surface area contributed by atoms with Gasteiger partial charge in [-0.1, -0.05) is 54.1 Å². The lowest BCUT2D eigenvalue weighted by Crippen LogP contribution is -2.52. The molecule has 3 aromatic carbocycles. The van der Waals surface area contributed by atoms with E-state index in [4.69, 9.17) is 25.8 Å². The van der Waals surface area contributed by atoms with E-state index in [0.29, 0.717) is 49.0 Å². The van der Waals surface area contributed by atoms with Crippen LogP contribution in [-0.2, 0) is 28.1 Å². The number of nitrogens with one attached hydrogen (secondary N) is 1. The van der Waals surface area contributed by atoms with Crippen LogP contribution in [0.15, 0.2) is 72.8 Å². The number of carbonyl (C=O) groups is 2. The van der Waals surface area contributed by atoms with Gasteiger partial charge in [0, 0.05) is 36.3 Å². The summed E-state index contributed by atoms with van der Waals surface area (Å²) >= 11 is 5.92. The summed E-state index contributed by atoms with van der Waals surface area (Å²) in [5.74, 6) is 1.25. The number of hydrogen-bond donors (Lipinski definition) is 1. The van der Waals surface area contributed by atoms with Gasteiger partial charge in [0.2, 0.25) is 5.91 Å². The number of halogens is 1. The maximum atomic E-state index is 13.7. The molecule has 7 nitrogen and oxygen atoms in total. The Bertz CT molecular complexity index is 1210. The van der Waals surface area contributed by atoms with Crippen molar-refractivity contribution in [1.82, 2.24) is 10.2 Å². The molecule has 0 spiro atoms. The van der Waals surface area contributed by atoms with Crippen LogP contribution in [0.4, 0.5) is 4.79 Å². The van der Waals surface area contributed by atoms with Crippen LogP contribution in [0, 0.1) is 0 Å². The molecule has 2 amide bonds. The molecule has 1 N–H and O–H groups in total. The number of ether oxygens (including phenoxy) is 3. The van der Waals surface area contributed by atoms with Gasteiger partial charge < -0.3 is 24.4 Å². The quantitative estimate of drug-likeness (QED) is 0.432. The summed E-state index contributed by atoms with van der Waals surface area (Å²) in [4.78, 5) is 28.1. The zero-order chi connectivity index (χ0) is 26.3. The van der Waals surface area contributed by atoms with Gasteiger partial charge in [0.05, 0.1) is 19.6 Å².